The van der Waals surface area contributed by atoms with Gasteiger partial charge >= 0.3 is 6.03 Å². The van der Waals surface area contributed by atoms with Gasteiger partial charge in [-0.15, -0.1) is 0 Å². The number of carbonyl (C=O) groups excluding carboxylic acids is 1. The molecule has 0 saturated heterocycles. The standard InChI is InChI=1S/C7H4Cl2N2O3S/c8-3-1-4(9)6-5(2-3)10-7(12)11-15(6,13)14/h1-2H,(H2,10,11,12). The fourth-order valence-electron chi connectivity index (χ4n) is 1.25. The van der Waals surface area contributed by atoms with Crippen LogP contribution in [0.1, 0.15) is 0 Å². The summed E-state index contributed by atoms with van der Waals surface area (Å²) >= 11 is 11.4. The Balaban J connectivity index is 2.79. The van der Waals surface area contributed by atoms with Gasteiger partial charge in [-0.3, -0.25) is 0 Å². The van der Waals surface area contributed by atoms with Crippen LogP contribution in [0.2, 0.25) is 10.0 Å². The van der Waals surface area contributed by atoms with Gasteiger partial charge in [0.25, 0.3) is 10.0 Å². The minimum absolute atomic E-state index is 0.0370. The molecule has 1 aromatic carbocycles. The second-order valence-corrected chi connectivity index (χ2v) is 5.29. The van der Waals surface area contributed by atoms with Gasteiger partial charge < -0.3 is 5.32 Å². The molecular weight excluding hydrogens is 263 g/mol. The number of amides is 2. The Morgan fingerprint density at radius 2 is 1.87 bits per heavy atom. The van der Waals surface area contributed by atoms with E-state index in [-0.39, 0.29) is 20.6 Å². The highest BCUT2D eigenvalue weighted by Gasteiger charge is 2.30. The molecule has 2 rings (SSSR count). The van der Waals surface area contributed by atoms with Gasteiger partial charge in [0.2, 0.25) is 0 Å². The summed E-state index contributed by atoms with van der Waals surface area (Å²) in [5.74, 6) is 0. The van der Waals surface area contributed by atoms with Crippen molar-refractivity contribution in [1.29, 1.82) is 0 Å². The van der Waals surface area contributed by atoms with Crippen LogP contribution in [-0.4, -0.2) is 14.4 Å². The van der Waals surface area contributed by atoms with Crippen molar-refractivity contribution in [2.75, 3.05) is 5.32 Å². The lowest BCUT2D eigenvalue weighted by Crippen LogP contribution is -2.39. The van der Waals surface area contributed by atoms with Gasteiger partial charge in [0.05, 0.1) is 10.7 Å². The van der Waals surface area contributed by atoms with E-state index in [1.807, 2.05) is 0 Å². The van der Waals surface area contributed by atoms with Gasteiger partial charge in [-0.05, 0) is 12.1 Å². The average Bonchev–Trinajstić information content (AvgIpc) is 1.97. The maximum atomic E-state index is 11.5. The highest BCUT2D eigenvalue weighted by atomic mass is 35.5. The van der Waals surface area contributed by atoms with Crippen molar-refractivity contribution in [3.8, 4) is 0 Å². The number of carbonyl (C=O) groups is 1. The van der Waals surface area contributed by atoms with Crippen LogP contribution in [-0.2, 0) is 10.0 Å². The van der Waals surface area contributed by atoms with Crippen molar-refractivity contribution >= 4 is 44.9 Å². The summed E-state index contributed by atoms with van der Waals surface area (Å²) in [6.45, 7) is 0. The first-order valence-electron chi connectivity index (χ1n) is 3.73. The van der Waals surface area contributed by atoms with Gasteiger partial charge in [0.15, 0.2) is 0 Å². The van der Waals surface area contributed by atoms with E-state index >= 15 is 0 Å². The van der Waals surface area contributed by atoms with Crippen LogP contribution in [0.3, 0.4) is 0 Å². The summed E-state index contributed by atoms with van der Waals surface area (Å²) in [4.78, 5) is 10.8. The van der Waals surface area contributed by atoms with E-state index in [4.69, 9.17) is 23.2 Å². The van der Waals surface area contributed by atoms with Crippen molar-refractivity contribution in [2.24, 2.45) is 0 Å². The average molecular weight is 267 g/mol. The Kier molecular flexibility index (Phi) is 2.29. The van der Waals surface area contributed by atoms with Crippen LogP contribution < -0.4 is 10.0 Å². The topological polar surface area (TPSA) is 75.3 Å². The highest BCUT2D eigenvalue weighted by molar-refractivity contribution is 7.90. The molecular formula is C7H4Cl2N2O3S. The first kappa shape index (κ1) is 10.5. The second-order valence-electron chi connectivity index (χ2n) is 2.82. The van der Waals surface area contributed by atoms with Crippen LogP contribution in [0.15, 0.2) is 17.0 Å². The van der Waals surface area contributed by atoms with E-state index in [0.29, 0.717) is 0 Å². The molecule has 1 heterocycles. The van der Waals surface area contributed by atoms with Crippen LogP contribution in [0.25, 0.3) is 0 Å². The first-order valence-corrected chi connectivity index (χ1v) is 5.97. The smallest absolute Gasteiger partial charge is 0.306 e. The zero-order chi connectivity index (χ0) is 11.2. The molecule has 1 aromatic rings. The zero-order valence-corrected chi connectivity index (χ0v) is 9.37. The molecule has 15 heavy (non-hydrogen) atoms. The molecule has 0 aliphatic carbocycles. The van der Waals surface area contributed by atoms with E-state index in [2.05, 4.69) is 5.32 Å². The quantitative estimate of drug-likeness (QED) is 0.752. The number of sulfonamides is 1. The fraction of sp³-hybridized carbons (Fsp3) is 0. The molecule has 2 N–H and O–H groups in total. The molecule has 8 heteroatoms. The Labute approximate surface area is 95.4 Å². The minimum atomic E-state index is -3.89. The number of hydrogen-bond acceptors (Lipinski definition) is 3. The van der Waals surface area contributed by atoms with Crippen molar-refractivity contribution < 1.29 is 13.2 Å². The van der Waals surface area contributed by atoms with E-state index in [0.717, 1.165) is 0 Å². The fourth-order valence-corrected chi connectivity index (χ4v) is 3.16. The van der Waals surface area contributed by atoms with Gasteiger partial charge in [-0.2, -0.15) is 0 Å². The van der Waals surface area contributed by atoms with Crippen LogP contribution in [0.5, 0.6) is 0 Å². The zero-order valence-electron chi connectivity index (χ0n) is 7.04. The molecule has 80 valence electrons. The predicted molar refractivity (Wildman–Crippen MR) is 55.8 cm³/mol. The molecule has 0 unspecified atom stereocenters. The van der Waals surface area contributed by atoms with E-state index < -0.39 is 16.1 Å². The number of benzene rings is 1. The molecule has 0 bridgehead atoms. The molecule has 0 atom stereocenters. The molecule has 0 fully saturated rings. The number of halogens is 2. The maximum absolute atomic E-state index is 11.5. The van der Waals surface area contributed by atoms with Crippen molar-refractivity contribution in [3.05, 3.63) is 22.2 Å². The number of hydrogen-bond donors (Lipinski definition) is 2. The lowest BCUT2D eigenvalue weighted by atomic mass is 10.3. The van der Waals surface area contributed by atoms with E-state index in [9.17, 15) is 13.2 Å². The lowest BCUT2D eigenvalue weighted by Gasteiger charge is -2.19. The van der Waals surface area contributed by atoms with Gasteiger partial charge in [-0.25, -0.2) is 17.9 Å². The van der Waals surface area contributed by atoms with Gasteiger partial charge in [0, 0.05) is 5.02 Å². The maximum Gasteiger partial charge on any atom is 0.333 e. The number of anilines is 1. The number of nitrogens with one attached hydrogen (secondary N) is 2. The molecule has 2 amide bonds. The van der Waals surface area contributed by atoms with Crippen molar-refractivity contribution in [3.63, 3.8) is 0 Å². The molecule has 0 saturated carbocycles. The molecule has 5 nitrogen and oxygen atoms in total. The Bertz CT molecular complexity index is 556. The summed E-state index contributed by atoms with van der Waals surface area (Å²) in [6.07, 6.45) is 0. The molecule has 1 aliphatic rings. The number of fused-ring (bicyclic) bond motifs is 1. The van der Waals surface area contributed by atoms with E-state index in [1.165, 1.54) is 12.1 Å². The Hall–Kier alpha value is -0.980. The van der Waals surface area contributed by atoms with Crippen LogP contribution in [0.4, 0.5) is 10.5 Å². The highest BCUT2D eigenvalue weighted by Crippen LogP contribution is 2.34. The Morgan fingerprint density at radius 1 is 1.20 bits per heavy atom. The third-order valence-electron chi connectivity index (χ3n) is 1.75. The summed E-state index contributed by atoms with van der Waals surface area (Å²) in [5, 5.41) is 2.51. The first-order chi connectivity index (χ1) is 6.90. The number of rotatable bonds is 0. The van der Waals surface area contributed by atoms with Gasteiger partial charge in [0.1, 0.15) is 4.90 Å². The lowest BCUT2D eigenvalue weighted by molar-refractivity contribution is 0.256. The van der Waals surface area contributed by atoms with Crippen LogP contribution >= 0.6 is 23.2 Å². The monoisotopic (exact) mass is 266 g/mol. The predicted octanol–water partition coefficient (Wildman–Crippen LogP) is 1.82. The third-order valence-corrected chi connectivity index (χ3v) is 3.81. The third kappa shape index (κ3) is 1.75. The molecule has 0 aromatic heterocycles. The molecule has 1 aliphatic heterocycles. The number of urea groups is 1. The Morgan fingerprint density at radius 3 is 2.53 bits per heavy atom. The second kappa shape index (κ2) is 3.26. The molecule has 0 radical (unpaired) electrons. The molecule has 0 spiro atoms. The largest absolute Gasteiger partial charge is 0.333 e. The SMILES string of the molecule is O=C1Nc2cc(Cl)cc(Cl)c2S(=O)(=O)N1. The van der Waals surface area contributed by atoms with E-state index in [1.54, 1.807) is 4.72 Å². The summed E-state index contributed by atoms with van der Waals surface area (Å²) in [7, 11) is -3.89. The summed E-state index contributed by atoms with van der Waals surface area (Å²) < 4.78 is 24.8. The normalized spacial score (nSPS) is 17.6. The van der Waals surface area contributed by atoms with Crippen molar-refractivity contribution in [2.45, 2.75) is 4.90 Å². The van der Waals surface area contributed by atoms with Crippen molar-refractivity contribution in [1.82, 2.24) is 4.72 Å². The van der Waals surface area contributed by atoms with Gasteiger partial charge in [-0.1, -0.05) is 23.2 Å². The minimum Gasteiger partial charge on any atom is -0.306 e. The van der Waals surface area contributed by atoms with Crippen LogP contribution in [0, 0.1) is 0 Å². The summed E-state index contributed by atoms with van der Waals surface area (Å²) in [6, 6.07) is 1.78. The summed E-state index contributed by atoms with van der Waals surface area (Å²) in [5.41, 5.74) is 0.0799.